The average Bonchev–Trinajstić information content (AvgIpc) is 2.37. The van der Waals surface area contributed by atoms with Gasteiger partial charge >= 0.3 is 0 Å². The normalized spacial score (nSPS) is 20.7. The third-order valence-corrected chi connectivity index (χ3v) is 3.13. The van der Waals surface area contributed by atoms with Crippen LogP contribution in [0.15, 0.2) is 24.3 Å². The van der Waals surface area contributed by atoms with Crippen molar-refractivity contribution in [1.29, 1.82) is 0 Å². The molecule has 3 nitrogen and oxygen atoms in total. The van der Waals surface area contributed by atoms with Gasteiger partial charge in [-0.3, -0.25) is 0 Å². The van der Waals surface area contributed by atoms with Gasteiger partial charge in [-0.1, -0.05) is 39.0 Å². The summed E-state index contributed by atoms with van der Waals surface area (Å²) < 4.78 is 11.4. The van der Waals surface area contributed by atoms with E-state index in [1.165, 1.54) is 5.56 Å². The quantitative estimate of drug-likeness (QED) is 0.892. The third-order valence-electron chi connectivity index (χ3n) is 3.13. The highest BCUT2D eigenvalue weighted by molar-refractivity contribution is 5.38. The standard InChI is InChI=1S/C15H23NO2/c1-15(2,3)13-6-4-5-7-14(13)18-11-12-10-17-9-8-16-12/h4-7,12,16H,8-11H2,1-3H3. The van der Waals surface area contributed by atoms with E-state index in [1.807, 2.05) is 12.1 Å². The first-order valence-corrected chi connectivity index (χ1v) is 6.61. The Hall–Kier alpha value is -1.06. The maximum atomic E-state index is 5.96. The fourth-order valence-electron chi connectivity index (χ4n) is 2.13. The van der Waals surface area contributed by atoms with Crippen molar-refractivity contribution >= 4 is 0 Å². The Labute approximate surface area is 109 Å². The Bertz CT molecular complexity index is 378. The van der Waals surface area contributed by atoms with Gasteiger partial charge in [-0.05, 0) is 17.0 Å². The second kappa shape index (κ2) is 5.72. The lowest BCUT2D eigenvalue weighted by molar-refractivity contribution is 0.0590. The van der Waals surface area contributed by atoms with E-state index in [4.69, 9.17) is 9.47 Å². The Balaban J connectivity index is 2.00. The second-order valence-electron chi connectivity index (χ2n) is 5.78. The molecule has 1 aromatic carbocycles. The Morgan fingerprint density at radius 2 is 2.11 bits per heavy atom. The minimum atomic E-state index is 0.104. The lowest BCUT2D eigenvalue weighted by atomic mass is 9.86. The first-order chi connectivity index (χ1) is 8.57. The van der Waals surface area contributed by atoms with Crippen LogP contribution in [0.4, 0.5) is 0 Å². The Morgan fingerprint density at radius 1 is 1.33 bits per heavy atom. The summed E-state index contributed by atoms with van der Waals surface area (Å²) in [7, 11) is 0. The van der Waals surface area contributed by atoms with Gasteiger partial charge in [-0.15, -0.1) is 0 Å². The predicted molar refractivity (Wildman–Crippen MR) is 73.2 cm³/mol. The third kappa shape index (κ3) is 3.47. The lowest BCUT2D eigenvalue weighted by Crippen LogP contribution is -2.44. The zero-order valence-electron chi connectivity index (χ0n) is 11.5. The molecule has 0 amide bonds. The monoisotopic (exact) mass is 249 g/mol. The van der Waals surface area contributed by atoms with E-state index in [2.05, 4.69) is 38.2 Å². The van der Waals surface area contributed by atoms with E-state index in [0.717, 1.165) is 25.5 Å². The fourth-order valence-corrected chi connectivity index (χ4v) is 2.13. The molecule has 1 aromatic rings. The minimum Gasteiger partial charge on any atom is -0.492 e. The Kier molecular flexibility index (Phi) is 4.25. The van der Waals surface area contributed by atoms with E-state index in [9.17, 15) is 0 Å². The average molecular weight is 249 g/mol. The molecular weight excluding hydrogens is 226 g/mol. The highest BCUT2D eigenvalue weighted by Gasteiger charge is 2.20. The number of benzene rings is 1. The molecule has 0 aliphatic carbocycles. The fraction of sp³-hybridized carbons (Fsp3) is 0.600. The largest absolute Gasteiger partial charge is 0.492 e. The van der Waals surface area contributed by atoms with Crippen LogP contribution >= 0.6 is 0 Å². The van der Waals surface area contributed by atoms with E-state index in [-0.39, 0.29) is 5.41 Å². The van der Waals surface area contributed by atoms with Gasteiger partial charge in [0.15, 0.2) is 0 Å². The maximum Gasteiger partial charge on any atom is 0.123 e. The van der Waals surface area contributed by atoms with Crippen LogP contribution in [0.3, 0.4) is 0 Å². The number of rotatable bonds is 3. The molecule has 2 rings (SSSR count). The van der Waals surface area contributed by atoms with Crippen molar-refractivity contribution in [3.05, 3.63) is 29.8 Å². The summed E-state index contributed by atoms with van der Waals surface area (Å²) in [6, 6.07) is 8.57. The van der Waals surface area contributed by atoms with Gasteiger partial charge in [0.1, 0.15) is 12.4 Å². The zero-order valence-corrected chi connectivity index (χ0v) is 11.5. The number of para-hydroxylation sites is 1. The number of morpholine rings is 1. The van der Waals surface area contributed by atoms with Crippen LogP contribution in [0.5, 0.6) is 5.75 Å². The van der Waals surface area contributed by atoms with Crippen LogP contribution in [-0.4, -0.2) is 32.4 Å². The van der Waals surface area contributed by atoms with Crippen molar-refractivity contribution in [3.8, 4) is 5.75 Å². The van der Waals surface area contributed by atoms with E-state index in [1.54, 1.807) is 0 Å². The molecule has 0 spiro atoms. The number of hydrogen-bond donors (Lipinski definition) is 1. The van der Waals surface area contributed by atoms with Gasteiger partial charge in [0.25, 0.3) is 0 Å². The highest BCUT2D eigenvalue weighted by Crippen LogP contribution is 2.30. The van der Waals surface area contributed by atoms with Crippen molar-refractivity contribution < 1.29 is 9.47 Å². The molecular formula is C15H23NO2. The van der Waals surface area contributed by atoms with Crippen LogP contribution in [0, 0.1) is 0 Å². The molecule has 100 valence electrons. The topological polar surface area (TPSA) is 30.5 Å². The van der Waals surface area contributed by atoms with Crippen molar-refractivity contribution in [2.45, 2.75) is 32.2 Å². The van der Waals surface area contributed by atoms with Crippen molar-refractivity contribution in [1.82, 2.24) is 5.32 Å². The van der Waals surface area contributed by atoms with Crippen LogP contribution in [0.2, 0.25) is 0 Å². The smallest absolute Gasteiger partial charge is 0.123 e. The van der Waals surface area contributed by atoms with Crippen molar-refractivity contribution in [2.75, 3.05) is 26.4 Å². The molecule has 1 unspecified atom stereocenters. The molecule has 0 bridgehead atoms. The molecule has 1 aliphatic heterocycles. The van der Waals surface area contributed by atoms with Crippen molar-refractivity contribution in [3.63, 3.8) is 0 Å². The van der Waals surface area contributed by atoms with Gasteiger partial charge in [-0.2, -0.15) is 0 Å². The number of ether oxygens (including phenoxy) is 2. The molecule has 3 heteroatoms. The van der Waals surface area contributed by atoms with Gasteiger partial charge in [-0.25, -0.2) is 0 Å². The van der Waals surface area contributed by atoms with E-state index < -0.39 is 0 Å². The van der Waals surface area contributed by atoms with Crippen molar-refractivity contribution in [2.24, 2.45) is 0 Å². The first-order valence-electron chi connectivity index (χ1n) is 6.61. The van der Waals surface area contributed by atoms with E-state index in [0.29, 0.717) is 12.6 Å². The molecule has 0 saturated carbocycles. The molecule has 1 heterocycles. The summed E-state index contributed by atoms with van der Waals surface area (Å²) in [5.74, 6) is 0.984. The van der Waals surface area contributed by atoms with Crippen LogP contribution in [-0.2, 0) is 10.2 Å². The van der Waals surface area contributed by atoms with Gasteiger partial charge in [0.2, 0.25) is 0 Å². The molecule has 1 N–H and O–H groups in total. The van der Waals surface area contributed by atoms with Gasteiger partial charge < -0.3 is 14.8 Å². The molecule has 1 atom stereocenters. The van der Waals surface area contributed by atoms with Crippen LogP contribution in [0.25, 0.3) is 0 Å². The molecule has 0 radical (unpaired) electrons. The highest BCUT2D eigenvalue weighted by atomic mass is 16.5. The summed E-state index contributed by atoms with van der Waals surface area (Å²) in [6.07, 6.45) is 0. The molecule has 0 aromatic heterocycles. The molecule has 1 aliphatic rings. The Morgan fingerprint density at radius 3 is 2.78 bits per heavy atom. The molecule has 1 fully saturated rings. The molecule has 1 saturated heterocycles. The number of hydrogen-bond acceptors (Lipinski definition) is 3. The van der Waals surface area contributed by atoms with E-state index >= 15 is 0 Å². The second-order valence-corrected chi connectivity index (χ2v) is 5.78. The van der Waals surface area contributed by atoms with Gasteiger partial charge in [0.05, 0.1) is 19.3 Å². The zero-order chi connectivity index (χ0) is 13.0. The summed E-state index contributed by atoms with van der Waals surface area (Å²) in [4.78, 5) is 0. The summed E-state index contributed by atoms with van der Waals surface area (Å²) in [6.45, 7) is 9.72. The van der Waals surface area contributed by atoms with Crippen LogP contribution < -0.4 is 10.1 Å². The molecule has 18 heavy (non-hydrogen) atoms. The van der Waals surface area contributed by atoms with Crippen LogP contribution in [0.1, 0.15) is 26.3 Å². The predicted octanol–water partition coefficient (Wildman–Crippen LogP) is 2.35. The minimum absolute atomic E-state index is 0.104. The SMILES string of the molecule is CC(C)(C)c1ccccc1OCC1COCCN1. The number of nitrogens with one attached hydrogen (secondary N) is 1. The summed E-state index contributed by atoms with van der Waals surface area (Å²) in [5.41, 5.74) is 1.36. The maximum absolute atomic E-state index is 5.96. The summed E-state index contributed by atoms with van der Waals surface area (Å²) >= 11 is 0. The lowest BCUT2D eigenvalue weighted by Gasteiger charge is -2.26. The first kappa shape index (κ1) is 13.4. The summed E-state index contributed by atoms with van der Waals surface area (Å²) in [5, 5.41) is 3.40. The van der Waals surface area contributed by atoms with Gasteiger partial charge in [0, 0.05) is 6.54 Å².